The summed E-state index contributed by atoms with van der Waals surface area (Å²) in [6.07, 6.45) is 3.16. The molecule has 0 bridgehead atoms. The maximum atomic E-state index is 13.1. The number of nitrogens with one attached hydrogen (secondary N) is 1. The van der Waals surface area contributed by atoms with E-state index in [1.165, 1.54) is 10.7 Å². The highest BCUT2D eigenvalue weighted by Gasteiger charge is 2.30. The Hall–Kier alpha value is -3.74. The van der Waals surface area contributed by atoms with Crippen LogP contribution in [0.5, 0.6) is 0 Å². The molecule has 0 radical (unpaired) electrons. The van der Waals surface area contributed by atoms with Crippen molar-refractivity contribution in [2.45, 2.75) is 20.0 Å². The second-order valence-electron chi connectivity index (χ2n) is 6.88. The zero-order valence-electron chi connectivity index (χ0n) is 15.2. The lowest BCUT2D eigenvalue weighted by atomic mass is 10.1. The maximum absolute atomic E-state index is 13.1. The molecular weight excluding hydrogens is 354 g/mol. The molecule has 3 aromatic heterocycles. The molecule has 7 heteroatoms. The maximum Gasteiger partial charge on any atom is 0.278 e. The van der Waals surface area contributed by atoms with Crippen molar-refractivity contribution in [1.29, 1.82) is 0 Å². The van der Waals surface area contributed by atoms with Crippen molar-refractivity contribution >= 4 is 11.6 Å². The van der Waals surface area contributed by atoms with Gasteiger partial charge in [-0.15, -0.1) is 0 Å². The van der Waals surface area contributed by atoms with Gasteiger partial charge in [0.05, 0.1) is 29.9 Å². The number of carbonyl (C=O) groups excluding carboxylic acids is 1. The van der Waals surface area contributed by atoms with Crippen LogP contribution in [-0.2, 0) is 13.1 Å². The number of fused-ring (bicyclic) bond motifs is 2. The van der Waals surface area contributed by atoms with Crippen LogP contribution in [0, 0.1) is 6.92 Å². The lowest BCUT2D eigenvalue weighted by molar-refractivity contribution is 0.0750. The van der Waals surface area contributed by atoms with E-state index in [0.717, 1.165) is 16.8 Å². The lowest BCUT2D eigenvalue weighted by Crippen LogP contribution is -2.26. The molecule has 7 nitrogen and oxygen atoms in total. The first kappa shape index (κ1) is 16.4. The van der Waals surface area contributed by atoms with E-state index in [9.17, 15) is 9.59 Å². The summed E-state index contributed by atoms with van der Waals surface area (Å²) >= 11 is 0. The van der Waals surface area contributed by atoms with Crippen molar-refractivity contribution in [2.75, 3.05) is 0 Å². The topological polar surface area (TPSA) is 83.4 Å². The third kappa shape index (κ3) is 2.44. The molecule has 1 aromatic carbocycles. The van der Waals surface area contributed by atoms with Crippen molar-refractivity contribution in [3.63, 3.8) is 0 Å². The summed E-state index contributed by atoms with van der Waals surface area (Å²) < 4.78 is 1.48. The number of benzene rings is 1. The van der Waals surface area contributed by atoms with E-state index in [0.29, 0.717) is 29.0 Å². The predicted octanol–water partition coefficient (Wildman–Crippen LogP) is 2.55. The van der Waals surface area contributed by atoms with Crippen LogP contribution in [0.2, 0.25) is 0 Å². The number of nitrogens with zero attached hydrogens (tertiary/aromatic N) is 4. The number of hydrogen-bond donors (Lipinski definition) is 1. The normalized spacial score (nSPS) is 13.1. The van der Waals surface area contributed by atoms with Crippen LogP contribution >= 0.6 is 0 Å². The molecule has 5 rings (SSSR count). The fourth-order valence-electron chi connectivity index (χ4n) is 3.75. The fraction of sp³-hybridized carbons (Fsp3) is 0.143. The number of amides is 1. The average molecular weight is 371 g/mol. The number of pyridine rings is 1. The van der Waals surface area contributed by atoms with E-state index in [4.69, 9.17) is 4.98 Å². The van der Waals surface area contributed by atoms with Crippen LogP contribution in [0.3, 0.4) is 0 Å². The van der Waals surface area contributed by atoms with Gasteiger partial charge < -0.3 is 4.90 Å². The highest BCUT2D eigenvalue weighted by atomic mass is 16.2. The van der Waals surface area contributed by atoms with Crippen LogP contribution in [0.25, 0.3) is 16.8 Å². The van der Waals surface area contributed by atoms with Crippen molar-refractivity contribution in [3.05, 3.63) is 87.7 Å². The number of aromatic nitrogens is 4. The zero-order chi connectivity index (χ0) is 19.3. The van der Waals surface area contributed by atoms with Gasteiger partial charge in [0.1, 0.15) is 0 Å². The molecule has 0 fully saturated rings. The van der Waals surface area contributed by atoms with Gasteiger partial charge in [-0.1, -0.05) is 30.3 Å². The van der Waals surface area contributed by atoms with Gasteiger partial charge in [0, 0.05) is 23.7 Å². The van der Waals surface area contributed by atoms with Crippen molar-refractivity contribution in [2.24, 2.45) is 0 Å². The van der Waals surface area contributed by atoms with E-state index in [-0.39, 0.29) is 18.0 Å². The summed E-state index contributed by atoms with van der Waals surface area (Å²) in [5, 5.41) is 3.13. The number of carbonyl (C=O) groups is 1. The minimum Gasteiger partial charge on any atom is -0.328 e. The quantitative estimate of drug-likeness (QED) is 0.587. The molecule has 0 atom stereocenters. The van der Waals surface area contributed by atoms with E-state index in [1.807, 2.05) is 37.3 Å². The predicted molar refractivity (Wildman–Crippen MR) is 104 cm³/mol. The Balaban J connectivity index is 1.60. The first-order valence-corrected chi connectivity index (χ1v) is 9.01. The molecule has 138 valence electrons. The SMILES string of the molecule is Cc1[nH]n2c(=O)c3c(nc2c1-c1ccccc1)CN(C(=O)c1cccnc1)C3. The van der Waals surface area contributed by atoms with E-state index < -0.39 is 0 Å². The van der Waals surface area contributed by atoms with Crippen LogP contribution in [0.1, 0.15) is 27.3 Å². The number of aryl methyl sites for hydroxylation is 1. The number of H-pyrrole nitrogens is 1. The van der Waals surface area contributed by atoms with Gasteiger partial charge in [-0.3, -0.25) is 19.7 Å². The Labute approximate surface area is 160 Å². The molecular formula is C21H17N5O2. The lowest BCUT2D eigenvalue weighted by Gasteiger charge is -2.14. The minimum absolute atomic E-state index is 0.154. The molecule has 0 saturated heterocycles. The van der Waals surface area contributed by atoms with Crippen LogP contribution in [0.4, 0.5) is 0 Å². The summed E-state index contributed by atoms with van der Waals surface area (Å²) in [5.41, 5.74) is 4.90. The number of rotatable bonds is 2. The van der Waals surface area contributed by atoms with Crippen LogP contribution in [0.15, 0.2) is 59.7 Å². The minimum atomic E-state index is -0.160. The zero-order valence-corrected chi connectivity index (χ0v) is 15.2. The monoisotopic (exact) mass is 371 g/mol. The summed E-state index contributed by atoms with van der Waals surface area (Å²) in [4.78, 5) is 36.2. The van der Waals surface area contributed by atoms with Gasteiger partial charge in [0.2, 0.25) is 0 Å². The second kappa shape index (κ2) is 6.16. The number of aromatic amines is 1. The third-order valence-electron chi connectivity index (χ3n) is 5.09. The molecule has 0 unspecified atom stereocenters. The van der Waals surface area contributed by atoms with Gasteiger partial charge in [-0.2, -0.15) is 0 Å². The Bertz CT molecular complexity index is 1260. The highest BCUT2D eigenvalue weighted by Crippen LogP contribution is 2.28. The largest absolute Gasteiger partial charge is 0.328 e. The van der Waals surface area contributed by atoms with E-state index >= 15 is 0 Å². The first-order valence-electron chi connectivity index (χ1n) is 9.01. The molecule has 4 aromatic rings. The standard InChI is InChI=1S/C21H17N5O2/c1-13-18(14-6-3-2-4-7-14)19-23-17-12-25(11-16(17)21(28)26(19)24-13)20(27)15-8-5-9-22-10-15/h2-10,24H,11-12H2,1H3. The van der Waals surface area contributed by atoms with Crippen molar-refractivity contribution < 1.29 is 4.79 Å². The van der Waals surface area contributed by atoms with Crippen molar-refractivity contribution in [1.82, 2.24) is 24.5 Å². The molecule has 1 aliphatic rings. The highest BCUT2D eigenvalue weighted by molar-refractivity contribution is 5.94. The first-order chi connectivity index (χ1) is 13.6. The Morgan fingerprint density at radius 1 is 1.11 bits per heavy atom. The van der Waals surface area contributed by atoms with Gasteiger partial charge in [0.15, 0.2) is 5.65 Å². The molecule has 1 aliphatic heterocycles. The molecule has 0 aliphatic carbocycles. The van der Waals surface area contributed by atoms with Gasteiger partial charge in [-0.25, -0.2) is 9.50 Å². The van der Waals surface area contributed by atoms with Gasteiger partial charge in [-0.05, 0) is 24.6 Å². The summed E-state index contributed by atoms with van der Waals surface area (Å²) in [6, 6.07) is 13.3. The van der Waals surface area contributed by atoms with Crippen LogP contribution in [-0.4, -0.2) is 30.4 Å². The van der Waals surface area contributed by atoms with E-state index in [2.05, 4.69) is 10.1 Å². The molecule has 4 heterocycles. The van der Waals surface area contributed by atoms with Crippen molar-refractivity contribution in [3.8, 4) is 11.1 Å². The second-order valence-corrected chi connectivity index (χ2v) is 6.88. The molecule has 1 N–H and O–H groups in total. The van der Waals surface area contributed by atoms with Crippen LogP contribution < -0.4 is 5.56 Å². The molecule has 0 spiro atoms. The fourth-order valence-corrected chi connectivity index (χ4v) is 3.75. The molecule has 1 amide bonds. The molecule has 28 heavy (non-hydrogen) atoms. The number of hydrogen-bond acceptors (Lipinski definition) is 4. The Kier molecular flexibility index (Phi) is 3.61. The Morgan fingerprint density at radius 3 is 2.68 bits per heavy atom. The molecule has 0 saturated carbocycles. The smallest absolute Gasteiger partial charge is 0.278 e. The summed E-state index contributed by atoms with van der Waals surface area (Å²) in [5.74, 6) is -0.154. The van der Waals surface area contributed by atoms with Gasteiger partial charge in [0.25, 0.3) is 11.5 Å². The average Bonchev–Trinajstić information content (AvgIpc) is 3.30. The Morgan fingerprint density at radius 2 is 1.93 bits per heavy atom. The van der Waals surface area contributed by atoms with Gasteiger partial charge >= 0.3 is 0 Å². The summed E-state index contributed by atoms with van der Waals surface area (Å²) in [6.45, 7) is 2.49. The third-order valence-corrected chi connectivity index (χ3v) is 5.09. The summed E-state index contributed by atoms with van der Waals surface area (Å²) in [7, 11) is 0. The van der Waals surface area contributed by atoms with E-state index in [1.54, 1.807) is 23.2 Å².